The van der Waals surface area contributed by atoms with Crippen molar-refractivity contribution in [2.24, 2.45) is 0 Å². The number of halogens is 1. The van der Waals surface area contributed by atoms with E-state index < -0.39 is 11.9 Å². The van der Waals surface area contributed by atoms with Gasteiger partial charge in [0, 0.05) is 16.7 Å². The minimum atomic E-state index is -0.609. The second kappa shape index (κ2) is 10.4. The lowest BCUT2D eigenvalue weighted by atomic mass is 10.1. The Bertz CT molecular complexity index is 819. The van der Waals surface area contributed by atoms with Gasteiger partial charge in [-0.3, -0.25) is 4.79 Å². The first kappa shape index (κ1) is 20.5. The third kappa shape index (κ3) is 6.46. The van der Waals surface area contributed by atoms with E-state index in [0.29, 0.717) is 17.4 Å². The van der Waals surface area contributed by atoms with Crippen molar-refractivity contribution in [3.05, 3.63) is 70.8 Å². The molecule has 2 rings (SSSR count). The summed E-state index contributed by atoms with van der Waals surface area (Å²) in [6.45, 7) is 3.85. The lowest BCUT2D eigenvalue weighted by molar-refractivity contribution is -0.144. The van der Waals surface area contributed by atoms with E-state index >= 15 is 0 Å². The number of rotatable bonds is 8. The fourth-order valence-electron chi connectivity index (χ4n) is 2.43. The van der Waals surface area contributed by atoms with Gasteiger partial charge in [0.2, 0.25) is 0 Å². The van der Waals surface area contributed by atoms with Crippen LogP contribution in [0.4, 0.5) is 0 Å². The Morgan fingerprint density at radius 1 is 1.15 bits per heavy atom. The highest BCUT2D eigenvalue weighted by Gasteiger charge is 2.13. The number of para-hydroxylation sites is 1. The first-order valence-electron chi connectivity index (χ1n) is 8.61. The molecule has 0 spiro atoms. The van der Waals surface area contributed by atoms with E-state index in [2.05, 4.69) is 5.32 Å². The van der Waals surface area contributed by atoms with Crippen LogP contribution in [0.3, 0.4) is 0 Å². The van der Waals surface area contributed by atoms with Crippen LogP contribution in [0.5, 0.6) is 5.75 Å². The monoisotopic (exact) mass is 387 g/mol. The quantitative estimate of drug-likeness (QED) is 0.545. The average Bonchev–Trinajstić information content (AvgIpc) is 2.66. The Morgan fingerprint density at radius 3 is 2.59 bits per heavy atom. The van der Waals surface area contributed by atoms with Crippen LogP contribution in [-0.2, 0) is 14.3 Å². The average molecular weight is 388 g/mol. The van der Waals surface area contributed by atoms with E-state index in [1.54, 1.807) is 12.1 Å². The number of esters is 1. The maximum Gasteiger partial charge on any atom is 0.331 e. The lowest BCUT2D eigenvalue weighted by Gasteiger charge is -2.15. The summed E-state index contributed by atoms with van der Waals surface area (Å²) in [6, 6.07) is 14.3. The zero-order valence-electron chi connectivity index (χ0n) is 15.3. The van der Waals surface area contributed by atoms with Crippen LogP contribution in [0.1, 0.15) is 31.0 Å². The van der Waals surface area contributed by atoms with Crippen LogP contribution in [-0.4, -0.2) is 25.1 Å². The molecule has 5 nitrogen and oxygen atoms in total. The van der Waals surface area contributed by atoms with Gasteiger partial charge >= 0.3 is 5.97 Å². The van der Waals surface area contributed by atoms with E-state index in [-0.39, 0.29) is 12.6 Å². The molecule has 0 heterocycles. The summed E-state index contributed by atoms with van der Waals surface area (Å²) in [5, 5.41) is 3.32. The van der Waals surface area contributed by atoms with Gasteiger partial charge in [0.05, 0.1) is 12.6 Å². The molecule has 142 valence electrons. The Morgan fingerprint density at radius 2 is 1.85 bits per heavy atom. The van der Waals surface area contributed by atoms with Crippen molar-refractivity contribution < 1.29 is 19.1 Å². The molecule has 0 radical (unpaired) electrons. The van der Waals surface area contributed by atoms with Gasteiger partial charge in [0.25, 0.3) is 5.91 Å². The molecule has 0 saturated carbocycles. The third-order valence-electron chi connectivity index (χ3n) is 3.71. The molecule has 1 amide bonds. The number of amides is 1. The van der Waals surface area contributed by atoms with E-state index in [1.165, 1.54) is 6.08 Å². The molecule has 0 bridgehead atoms. The molecule has 2 aromatic carbocycles. The molecule has 27 heavy (non-hydrogen) atoms. The van der Waals surface area contributed by atoms with Crippen molar-refractivity contribution in [1.82, 2.24) is 5.32 Å². The Balaban J connectivity index is 1.85. The van der Waals surface area contributed by atoms with Gasteiger partial charge in [-0.2, -0.15) is 0 Å². The Hall–Kier alpha value is -2.79. The normalized spacial score (nSPS) is 11.8. The SMILES string of the molecule is CCOc1ccccc1/C=C/C(=O)OCC(=O)N[C@@H](C)c1ccccc1Cl. The molecular formula is C21H22ClNO4. The van der Waals surface area contributed by atoms with Crippen LogP contribution in [0.2, 0.25) is 5.02 Å². The number of benzene rings is 2. The molecule has 0 saturated heterocycles. The van der Waals surface area contributed by atoms with Crippen LogP contribution in [0, 0.1) is 0 Å². The van der Waals surface area contributed by atoms with Crippen molar-refractivity contribution in [1.29, 1.82) is 0 Å². The van der Waals surface area contributed by atoms with Gasteiger partial charge in [-0.15, -0.1) is 0 Å². The summed E-state index contributed by atoms with van der Waals surface area (Å²) in [5.41, 5.74) is 1.55. The van der Waals surface area contributed by atoms with E-state index in [4.69, 9.17) is 21.1 Å². The molecule has 6 heteroatoms. The summed E-state index contributed by atoms with van der Waals surface area (Å²) in [7, 11) is 0. The topological polar surface area (TPSA) is 64.6 Å². The molecule has 1 atom stereocenters. The molecule has 1 N–H and O–H groups in total. The molecule has 0 fully saturated rings. The van der Waals surface area contributed by atoms with E-state index in [1.807, 2.05) is 56.3 Å². The molecule has 0 aliphatic heterocycles. The van der Waals surface area contributed by atoms with Gasteiger partial charge in [-0.05, 0) is 37.6 Å². The molecular weight excluding hydrogens is 366 g/mol. The second-order valence-corrected chi connectivity index (χ2v) is 6.13. The number of carbonyl (C=O) groups is 2. The lowest BCUT2D eigenvalue weighted by Crippen LogP contribution is -2.31. The molecule has 0 aliphatic carbocycles. The molecule has 0 unspecified atom stereocenters. The van der Waals surface area contributed by atoms with Gasteiger partial charge < -0.3 is 14.8 Å². The smallest absolute Gasteiger partial charge is 0.331 e. The summed E-state index contributed by atoms with van der Waals surface area (Å²) in [6.07, 6.45) is 2.86. The minimum Gasteiger partial charge on any atom is -0.493 e. The van der Waals surface area contributed by atoms with Crippen molar-refractivity contribution in [3.63, 3.8) is 0 Å². The number of nitrogens with one attached hydrogen (secondary N) is 1. The standard InChI is InChI=1S/C21H22ClNO4/c1-3-26-19-11-7-4-8-16(19)12-13-21(25)27-14-20(24)23-15(2)17-9-5-6-10-18(17)22/h4-13,15H,3,14H2,1-2H3,(H,23,24)/b13-12+/t15-/m0/s1. The largest absolute Gasteiger partial charge is 0.493 e. The predicted octanol–water partition coefficient (Wildman–Crippen LogP) is 4.17. The van der Waals surface area contributed by atoms with Gasteiger partial charge in [0.1, 0.15) is 5.75 Å². The molecule has 0 aliphatic rings. The fraction of sp³-hybridized carbons (Fsp3) is 0.238. The molecule has 0 aromatic heterocycles. The highest BCUT2D eigenvalue weighted by atomic mass is 35.5. The number of hydrogen-bond donors (Lipinski definition) is 1. The number of ether oxygens (including phenoxy) is 2. The predicted molar refractivity (Wildman–Crippen MR) is 106 cm³/mol. The fourth-order valence-corrected chi connectivity index (χ4v) is 2.73. The first-order valence-corrected chi connectivity index (χ1v) is 8.99. The van der Waals surface area contributed by atoms with Gasteiger partial charge in [-0.25, -0.2) is 4.79 Å². The van der Waals surface area contributed by atoms with Crippen LogP contribution in [0.15, 0.2) is 54.6 Å². The van der Waals surface area contributed by atoms with E-state index in [9.17, 15) is 9.59 Å². The summed E-state index contributed by atoms with van der Waals surface area (Å²) in [5.74, 6) is -0.337. The van der Waals surface area contributed by atoms with Crippen LogP contribution < -0.4 is 10.1 Å². The minimum absolute atomic E-state index is 0.293. The zero-order chi connectivity index (χ0) is 19.6. The van der Waals surface area contributed by atoms with Crippen LogP contribution >= 0.6 is 11.6 Å². The van der Waals surface area contributed by atoms with Gasteiger partial charge in [-0.1, -0.05) is 48.0 Å². The zero-order valence-corrected chi connectivity index (χ0v) is 16.0. The highest BCUT2D eigenvalue weighted by molar-refractivity contribution is 6.31. The summed E-state index contributed by atoms with van der Waals surface area (Å²) in [4.78, 5) is 23.8. The van der Waals surface area contributed by atoms with Crippen molar-refractivity contribution in [2.75, 3.05) is 13.2 Å². The third-order valence-corrected chi connectivity index (χ3v) is 4.06. The van der Waals surface area contributed by atoms with Crippen molar-refractivity contribution in [2.45, 2.75) is 19.9 Å². The van der Waals surface area contributed by atoms with Crippen LogP contribution in [0.25, 0.3) is 6.08 Å². The first-order chi connectivity index (χ1) is 13.0. The van der Waals surface area contributed by atoms with E-state index in [0.717, 1.165) is 11.1 Å². The summed E-state index contributed by atoms with van der Waals surface area (Å²) < 4.78 is 10.5. The second-order valence-electron chi connectivity index (χ2n) is 5.72. The number of carbonyl (C=O) groups excluding carboxylic acids is 2. The Labute approximate surface area is 163 Å². The maximum atomic E-state index is 12.0. The Kier molecular flexibility index (Phi) is 7.89. The number of hydrogen-bond acceptors (Lipinski definition) is 4. The molecule has 2 aromatic rings. The van der Waals surface area contributed by atoms with Gasteiger partial charge in [0.15, 0.2) is 6.61 Å². The maximum absolute atomic E-state index is 12.0. The van der Waals surface area contributed by atoms with Crippen molar-refractivity contribution in [3.8, 4) is 5.75 Å². The highest BCUT2D eigenvalue weighted by Crippen LogP contribution is 2.22. The van der Waals surface area contributed by atoms with Crippen molar-refractivity contribution >= 4 is 29.6 Å². The summed E-state index contributed by atoms with van der Waals surface area (Å²) >= 11 is 6.11.